The number of nitrogens with one attached hydrogen (secondary N) is 2. The summed E-state index contributed by atoms with van der Waals surface area (Å²) in [6.45, 7) is 4.02. The Labute approximate surface area is 66.0 Å². The fraction of sp³-hybridized carbons (Fsp3) is 0.857. The molecule has 2 aliphatic heterocycles. The van der Waals surface area contributed by atoms with Crippen LogP contribution in [0.3, 0.4) is 0 Å². The van der Waals surface area contributed by atoms with Crippen LogP contribution >= 0.6 is 0 Å². The predicted octanol–water partition coefficient (Wildman–Crippen LogP) is -0.818. The quantitative estimate of drug-likeness (QED) is 0.486. The van der Waals surface area contributed by atoms with E-state index in [1.54, 1.807) is 7.11 Å². The van der Waals surface area contributed by atoms with Gasteiger partial charge in [0.2, 0.25) is 0 Å². The molecule has 62 valence electrons. The number of hydrogen-bond acceptors (Lipinski definition) is 4. The number of rotatable bonds is 1. The standard InChI is InChI=1S/C7H13N3O/c1-11-10-6-2-8-3-7(6)4-9-5-7/h8-9H,2-5H2,1H3/b10-6-. The van der Waals surface area contributed by atoms with E-state index in [0.717, 1.165) is 26.2 Å². The number of nitrogens with zero attached hydrogens (tertiary/aromatic N) is 1. The molecule has 4 heteroatoms. The average Bonchev–Trinajstić information content (AvgIpc) is 2.31. The molecule has 2 aliphatic rings. The maximum atomic E-state index is 4.78. The van der Waals surface area contributed by atoms with Crippen molar-refractivity contribution in [1.82, 2.24) is 10.6 Å². The van der Waals surface area contributed by atoms with Crippen molar-refractivity contribution in [1.29, 1.82) is 0 Å². The summed E-state index contributed by atoms with van der Waals surface area (Å²) in [6.07, 6.45) is 0. The molecule has 2 saturated heterocycles. The molecule has 0 atom stereocenters. The maximum Gasteiger partial charge on any atom is 0.106 e. The zero-order chi connectivity index (χ0) is 7.73. The SMILES string of the molecule is CO/N=C1/CNCC12CNC2. The van der Waals surface area contributed by atoms with Crippen molar-refractivity contribution in [3.63, 3.8) is 0 Å². The van der Waals surface area contributed by atoms with Crippen LogP contribution in [-0.2, 0) is 4.84 Å². The Morgan fingerprint density at radius 3 is 2.64 bits per heavy atom. The van der Waals surface area contributed by atoms with Gasteiger partial charge >= 0.3 is 0 Å². The second-order valence-electron chi connectivity index (χ2n) is 3.21. The van der Waals surface area contributed by atoms with Gasteiger partial charge in [-0.25, -0.2) is 0 Å². The molecule has 0 amide bonds. The smallest absolute Gasteiger partial charge is 0.106 e. The van der Waals surface area contributed by atoms with Crippen LogP contribution in [0.4, 0.5) is 0 Å². The van der Waals surface area contributed by atoms with Gasteiger partial charge in [-0.1, -0.05) is 5.16 Å². The van der Waals surface area contributed by atoms with Crippen molar-refractivity contribution in [3.8, 4) is 0 Å². The Kier molecular flexibility index (Phi) is 1.58. The topological polar surface area (TPSA) is 45.6 Å². The summed E-state index contributed by atoms with van der Waals surface area (Å²) in [5.74, 6) is 0. The molecule has 11 heavy (non-hydrogen) atoms. The molecule has 0 radical (unpaired) electrons. The normalized spacial score (nSPS) is 30.8. The molecular formula is C7H13N3O. The van der Waals surface area contributed by atoms with Crippen LogP contribution in [0.1, 0.15) is 0 Å². The summed E-state index contributed by atoms with van der Waals surface area (Å²) in [7, 11) is 1.60. The Hall–Kier alpha value is -0.610. The van der Waals surface area contributed by atoms with Crippen molar-refractivity contribution in [2.75, 3.05) is 33.3 Å². The summed E-state index contributed by atoms with van der Waals surface area (Å²) in [5, 5.41) is 10.6. The first-order chi connectivity index (χ1) is 5.37. The fourth-order valence-corrected chi connectivity index (χ4v) is 1.70. The lowest BCUT2D eigenvalue weighted by Crippen LogP contribution is -2.58. The van der Waals surface area contributed by atoms with E-state index in [9.17, 15) is 0 Å². The molecule has 0 aliphatic carbocycles. The van der Waals surface area contributed by atoms with E-state index in [1.807, 2.05) is 0 Å². The highest BCUT2D eigenvalue weighted by molar-refractivity contribution is 5.95. The Balaban J connectivity index is 2.13. The predicted molar refractivity (Wildman–Crippen MR) is 42.6 cm³/mol. The first kappa shape index (κ1) is 7.06. The third-order valence-corrected chi connectivity index (χ3v) is 2.50. The maximum absolute atomic E-state index is 4.78. The van der Waals surface area contributed by atoms with Crippen molar-refractivity contribution >= 4 is 5.71 Å². The van der Waals surface area contributed by atoms with E-state index in [-0.39, 0.29) is 5.41 Å². The highest BCUT2D eigenvalue weighted by Gasteiger charge is 2.45. The minimum absolute atomic E-state index is 0.288. The lowest BCUT2D eigenvalue weighted by Gasteiger charge is -2.38. The average molecular weight is 155 g/mol. The molecule has 1 spiro atoms. The van der Waals surface area contributed by atoms with Crippen LogP contribution in [0, 0.1) is 5.41 Å². The van der Waals surface area contributed by atoms with Gasteiger partial charge in [0.25, 0.3) is 0 Å². The molecule has 0 saturated carbocycles. The molecule has 0 aromatic carbocycles. The van der Waals surface area contributed by atoms with E-state index in [2.05, 4.69) is 15.8 Å². The van der Waals surface area contributed by atoms with E-state index in [0.29, 0.717) is 0 Å². The first-order valence-corrected chi connectivity index (χ1v) is 3.89. The Morgan fingerprint density at radius 1 is 1.36 bits per heavy atom. The van der Waals surface area contributed by atoms with Crippen LogP contribution in [0.15, 0.2) is 5.16 Å². The van der Waals surface area contributed by atoms with Crippen LogP contribution < -0.4 is 10.6 Å². The first-order valence-electron chi connectivity index (χ1n) is 3.89. The minimum Gasteiger partial charge on any atom is -0.399 e. The number of hydrogen-bond donors (Lipinski definition) is 2. The summed E-state index contributed by atoms with van der Waals surface area (Å²) in [4.78, 5) is 4.78. The molecule has 0 aromatic heterocycles. The lowest BCUT2D eigenvalue weighted by atomic mass is 9.80. The highest BCUT2D eigenvalue weighted by atomic mass is 16.6. The third-order valence-electron chi connectivity index (χ3n) is 2.50. The molecule has 0 bridgehead atoms. The van der Waals surface area contributed by atoms with Gasteiger partial charge in [-0.15, -0.1) is 0 Å². The summed E-state index contributed by atoms with van der Waals surface area (Å²) in [5.41, 5.74) is 1.45. The molecule has 0 aromatic rings. The van der Waals surface area contributed by atoms with Crippen molar-refractivity contribution in [2.45, 2.75) is 0 Å². The minimum atomic E-state index is 0.288. The van der Waals surface area contributed by atoms with Crippen LogP contribution in [0.2, 0.25) is 0 Å². The fourth-order valence-electron chi connectivity index (χ4n) is 1.70. The Morgan fingerprint density at radius 2 is 2.09 bits per heavy atom. The third kappa shape index (κ3) is 0.937. The van der Waals surface area contributed by atoms with E-state index >= 15 is 0 Å². The van der Waals surface area contributed by atoms with Crippen LogP contribution in [0.5, 0.6) is 0 Å². The van der Waals surface area contributed by atoms with Gasteiger partial charge in [0, 0.05) is 26.2 Å². The van der Waals surface area contributed by atoms with Gasteiger partial charge in [-0.3, -0.25) is 0 Å². The molecule has 2 heterocycles. The second-order valence-corrected chi connectivity index (χ2v) is 3.21. The van der Waals surface area contributed by atoms with Gasteiger partial charge in [-0.05, 0) is 0 Å². The zero-order valence-corrected chi connectivity index (χ0v) is 6.68. The largest absolute Gasteiger partial charge is 0.399 e. The van der Waals surface area contributed by atoms with Crippen LogP contribution in [-0.4, -0.2) is 39.0 Å². The second kappa shape index (κ2) is 2.46. The lowest BCUT2D eigenvalue weighted by molar-refractivity contribution is 0.200. The molecule has 2 rings (SSSR count). The molecular weight excluding hydrogens is 142 g/mol. The van der Waals surface area contributed by atoms with Gasteiger partial charge in [0.1, 0.15) is 7.11 Å². The van der Waals surface area contributed by atoms with E-state index < -0.39 is 0 Å². The van der Waals surface area contributed by atoms with Gasteiger partial charge in [0.15, 0.2) is 0 Å². The Bertz CT molecular complexity index is 186. The summed E-state index contributed by atoms with van der Waals surface area (Å²) >= 11 is 0. The van der Waals surface area contributed by atoms with E-state index in [4.69, 9.17) is 4.84 Å². The molecule has 2 fully saturated rings. The van der Waals surface area contributed by atoms with Gasteiger partial charge in [-0.2, -0.15) is 0 Å². The monoisotopic (exact) mass is 155 g/mol. The summed E-state index contributed by atoms with van der Waals surface area (Å²) < 4.78 is 0. The molecule has 4 nitrogen and oxygen atoms in total. The van der Waals surface area contributed by atoms with Crippen molar-refractivity contribution in [2.24, 2.45) is 10.6 Å². The van der Waals surface area contributed by atoms with Crippen molar-refractivity contribution in [3.05, 3.63) is 0 Å². The summed E-state index contributed by atoms with van der Waals surface area (Å²) in [6, 6.07) is 0. The highest BCUT2D eigenvalue weighted by Crippen LogP contribution is 2.27. The van der Waals surface area contributed by atoms with Gasteiger partial charge in [0.05, 0.1) is 11.1 Å². The van der Waals surface area contributed by atoms with Gasteiger partial charge < -0.3 is 15.5 Å². The molecule has 2 N–H and O–H groups in total. The van der Waals surface area contributed by atoms with E-state index in [1.165, 1.54) is 5.71 Å². The van der Waals surface area contributed by atoms with Crippen molar-refractivity contribution < 1.29 is 4.84 Å². The number of oxime groups is 1. The zero-order valence-electron chi connectivity index (χ0n) is 6.68. The van der Waals surface area contributed by atoms with Crippen LogP contribution in [0.25, 0.3) is 0 Å². The molecule has 0 unspecified atom stereocenters.